The fourth-order valence-electron chi connectivity index (χ4n) is 1.46. The van der Waals surface area contributed by atoms with Crippen LogP contribution in [0.5, 0.6) is 5.88 Å². The normalized spacial score (nSPS) is 15.3. The van der Waals surface area contributed by atoms with Crippen LogP contribution in [0.4, 0.5) is 3.89 Å². The summed E-state index contributed by atoms with van der Waals surface area (Å²) >= 11 is 0. The zero-order valence-corrected chi connectivity index (χ0v) is 8.70. The first-order valence-electron chi connectivity index (χ1n) is 4.33. The molecule has 1 N–H and O–H groups in total. The van der Waals surface area contributed by atoms with Crippen LogP contribution in [0.3, 0.4) is 0 Å². The van der Waals surface area contributed by atoms with Crippen LogP contribution in [0.25, 0.3) is 0 Å². The number of halogens is 1. The Labute approximate surface area is 89.6 Å². The number of carbonyl (C=O) groups is 1. The molecular formula is C7H7FN2O5S. The molecule has 2 heterocycles. The van der Waals surface area contributed by atoms with Crippen LogP contribution in [0.2, 0.25) is 0 Å². The third kappa shape index (κ3) is 1.62. The molecule has 0 radical (unpaired) electrons. The topological polar surface area (TPSA) is 98.5 Å². The molecule has 1 aliphatic rings. The van der Waals surface area contributed by atoms with E-state index in [1.807, 2.05) is 0 Å². The van der Waals surface area contributed by atoms with Gasteiger partial charge < -0.3 is 9.84 Å². The van der Waals surface area contributed by atoms with E-state index in [1.54, 1.807) is 0 Å². The first-order chi connectivity index (χ1) is 7.41. The van der Waals surface area contributed by atoms with Crippen LogP contribution in [-0.4, -0.2) is 35.9 Å². The molecule has 2 rings (SSSR count). The number of hydrogen-bond donors (Lipinski definition) is 1. The summed E-state index contributed by atoms with van der Waals surface area (Å²) in [5.74, 6) is -1.95. The van der Waals surface area contributed by atoms with Crippen molar-refractivity contribution in [1.82, 2.24) is 9.78 Å². The van der Waals surface area contributed by atoms with E-state index in [9.17, 15) is 17.1 Å². The molecule has 1 aromatic rings. The summed E-state index contributed by atoms with van der Waals surface area (Å²) in [6, 6.07) is 0. The fraction of sp³-hybridized carbons (Fsp3) is 0.429. The zero-order chi connectivity index (χ0) is 11.9. The largest absolute Gasteiger partial charge is 0.477 e. The SMILES string of the molecule is O=C(O)c1nn2c(c1S(=O)(=O)F)OCCC2. The molecule has 0 saturated carbocycles. The van der Waals surface area contributed by atoms with Gasteiger partial charge in [-0.05, 0) is 0 Å². The van der Waals surface area contributed by atoms with Gasteiger partial charge in [0.15, 0.2) is 10.6 Å². The standard InChI is InChI=1S/C7H7FN2O5S/c8-16(13,14)5-4(7(11)12)9-10-2-1-3-15-6(5)10/h1-3H2,(H,11,12). The summed E-state index contributed by atoms with van der Waals surface area (Å²) in [6.45, 7) is 0.498. The Morgan fingerprint density at radius 2 is 2.25 bits per heavy atom. The van der Waals surface area contributed by atoms with Gasteiger partial charge in [0.1, 0.15) is 0 Å². The van der Waals surface area contributed by atoms with Crippen molar-refractivity contribution in [2.75, 3.05) is 6.61 Å². The second kappa shape index (κ2) is 3.44. The molecule has 88 valence electrons. The number of hydrogen-bond acceptors (Lipinski definition) is 5. The van der Waals surface area contributed by atoms with E-state index in [0.717, 1.165) is 4.68 Å². The van der Waals surface area contributed by atoms with Gasteiger partial charge in [-0.15, -0.1) is 3.89 Å². The molecule has 0 spiro atoms. The molecule has 0 bridgehead atoms. The average Bonchev–Trinajstić information content (AvgIpc) is 2.55. The van der Waals surface area contributed by atoms with Crippen molar-refractivity contribution in [1.29, 1.82) is 0 Å². The minimum Gasteiger partial charge on any atom is -0.477 e. The Kier molecular flexibility index (Phi) is 2.34. The Balaban J connectivity index is 2.72. The predicted octanol–water partition coefficient (Wildman–Crippen LogP) is 0.0220. The van der Waals surface area contributed by atoms with Crippen LogP contribution < -0.4 is 4.74 Å². The minimum atomic E-state index is -5.17. The summed E-state index contributed by atoms with van der Waals surface area (Å²) in [4.78, 5) is 9.72. The molecule has 0 saturated heterocycles. The van der Waals surface area contributed by atoms with Gasteiger partial charge in [0, 0.05) is 13.0 Å². The lowest BCUT2D eigenvalue weighted by atomic mass is 10.4. The highest BCUT2D eigenvalue weighted by Gasteiger charge is 2.34. The number of aryl methyl sites for hydroxylation is 1. The lowest BCUT2D eigenvalue weighted by Gasteiger charge is -2.14. The lowest BCUT2D eigenvalue weighted by Crippen LogP contribution is -2.15. The van der Waals surface area contributed by atoms with Gasteiger partial charge in [-0.3, -0.25) is 0 Å². The number of rotatable bonds is 2. The van der Waals surface area contributed by atoms with Gasteiger partial charge >= 0.3 is 16.2 Å². The molecule has 9 heteroatoms. The quantitative estimate of drug-likeness (QED) is 0.743. The molecular weight excluding hydrogens is 243 g/mol. The molecule has 0 fully saturated rings. The molecule has 0 amide bonds. The first-order valence-corrected chi connectivity index (χ1v) is 5.71. The number of nitrogens with zero attached hydrogens (tertiary/aromatic N) is 2. The molecule has 1 aromatic heterocycles. The summed E-state index contributed by atoms with van der Waals surface area (Å²) in [7, 11) is -5.17. The van der Waals surface area contributed by atoms with Crippen LogP contribution in [0.1, 0.15) is 16.9 Å². The molecule has 0 atom stereocenters. The Morgan fingerprint density at radius 1 is 1.56 bits per heavy atom. The number of carboxylic acids is 1. The van der Waals surface area contributed by atoms with E-state index < -0.39 is 26.8 Å². The highest BCUT2D eigenvalue weighted by molar-refractivity contribution is 7.86. The van der Waals surface area contributed by atoms with E-state index in [1.165, 1.54) is 0 Å². The van der Waals surface area contributed by atoms with Crippen LogP contribution in [0, 0.1) is 0 Å². The van der Waals surface area contributed by atoms with Crippen molar-refractivity contribution >= 4 is 16.2 Å². The number of fused-ring (bicyclic) bond motifs is 1. The smallest absolute Gasteiger partial charge is 0.358 e. The molecule has 16 heavy (non-hydrogen) atoms. The Hall–Kier alpha value is -1.64. The maximum atomic E-state index is 12.9. The Bertz CT molecular complexity index is 549. The first kappa shape index (κ1) is 10.9. The van der Waals surface area contributed by atoms with Crippen LogP contribution in [-0.2, 0) is 16.8 Å². The summed E-state index contributed by atoms with van der Waals surface area (Å²) in [6.07, 6.45) is 0.555. The Morgan fingerprint density at radius 3 is 2.81 bits per heavy atom. The van der Waals surface area contributed by atoms with E-state index >= 15 is 0 Å². The van der Waals surface area contributed by atoms with Crippen molar-refractivity contribution in [2.24, 2.45) is 0 Å². The minimum absolute atomic E-state index is 0.202. The molecule has 1 aliphatic heterocycles. The highest BCUT2D eigenvalue weighted by atomic mass is 32.3. The van der Waals surface area contributed by atoms with Gasteiger partial charge in [0.2, 0.25) is 5.88 Å². The molecule has 7 nitrogen and oxygen atoms in total. The summed E-state index contributed by atoms with van der Waals surface area (Å²) in [5, 5.41) is 12.2. The lowest BCUT2D eigenvalue weighted by molar-refractivity contribution is 0.0685. The van der Waals surface area contributed by atoms with E-state index in [-0.39, 0.29) is 12.5 Å². The molecule has 0 aliphatic carbocycles. The highest BCUT2D eigenvalue weighted by Crippen LogP contribution is 2.31. The van der Waals surface area contributed by atoms with Crippen molar-refractivity contribution in [3.63, 3.8) is 0 Å². The van der Waals surface area contributed by atoms with E-state index in [2.05, 4.69) is 5.10 Å². The van der Waals surface area contributed by atoms with Gasteiger partial charge in [-0.1, -0.05) is 0 Å². The van der Waals surface area contributed by atoms with Crippen LogP contribution in [0.15, 0.2) is 4.90 Å². The third-order valence-corrected chi connectivity index (χ3v) is 2.92. The molecule has 0 aromatic carbocycles. The number of carboxylic acid groups (broad SMARTS) is 1. The maximum Gasteiger partial charge on any atom is 0.358 e. The van der Waals surface area contributed by atoms with Crippen molar-refractivity contribution in [3.05, 3.63) is 5.69 Å². The van der Waals surface area contributed by atoms with Gasteiger partial charge in [0.05, 0.1) is 6.61 Å². The molecule has 0 unspecified atom stereocenters. The van der Waals surface area contributed by atoms with Gasteiger partial charge in [-0.2, -0.15) is 13.5 Å². The van der Waals surface area contributed by atoms with Crippen LogP contribution >= 0.6 is 0 Å². The van der Waals surface area contributed by atoms with Gasteiger partial charge in [-0.25, -0.2) is 9.48 Å². The second-order valence-corrected chi connectivity index (χ2v) is 4.43. The number of aromatic nitrogens is 2. The predicted molar refractivity (Wildman–Crippen MR) is 47.6 cm³/mol. The third-order valence-electron chi connectivity index (χ3n) is 2.06. The number of aromatic carboxylic acids is 1. The van der Waals surface area contributed by atoms with Gasteiger partial charge in [0.25, 0.3) is 0 Å². The van der Waals surface area contributed by atoms with E-state index in [0.29, 0.717) is 13.0 Å². The van der Waals surface area contributed by atoms with Crippen molar-refractivity contribution in [3.8, 4) is 5.88 Å². The average molecular weight is 250 g/mol. The second-order valence-electron chi connectivity index (χ2n) is 3.15. The van der Waals surface area contributed by atoms with Crippen molar-refractivity contribution in [2.45, 2.75) is 17.9 Å². The fourth-order valence-corrected chi connectivity index (χ4v) is 2.20. The zero-order valence-electron chi connectivity index (χ0n) is 7.88. The van der Waals surface area contributed by atoms with E-state index in [4.69, 9.17) is 9.84 Å². The summed E-state index contributed by atoms with van der Waals surface area (Å²) in [5.41, 5.74) is -0.848. The number of ether oxygens (including phenoxy) is 1. The summed E-state index contributed by atoms with van der Waals surface area (Å²) < 4.78 is 40.6. The maximum absolute atomic E-state index is 12.9. The monoisotopic (exact) mass is 250 g/mol. The van der Waals surface area contributed by atoms with Crippen molar-refractivity contribution < 1.29 is 26.9 Å².